The molecule has 1 aromatic carbocycles. The first-order chi connectivity index (χ1) is 4.84. The van der Waals surface area contributed by atoms with Crippen LogP contribution in [-0.4, -0.2) is 0 Å². The van der Waals surface area contributed by atoms with Gasteiger partial charge in [-0.3, -0.25) is 13.6 Å². The number of hydrogen-bond donors (Lipinski definition) is 1. The number of benzene rings is 1. The van der Waals surface area contributed by atoms with E-state index in [0.717, 1.165) is 5.56 Å². The second-order valence-corrected chi connectivity index (χ2v) is 1.96. The summed E-state index contributed by atoms with van der Waals surface area (Å²) in [6.07, 6.45) is 0. The molecule has 0 aliphatic rings. The molecule has 2 heteroatoms. The molecule has 0 aliphatic carbocycles. The van der Waals surface area contributed by atoms with Crippen molar-refractivity contribution in [1.82, 2.24) is 5.32 Å². The van der Waals surface area contributed by atoms with Crippen LogP contribution < -0.4 is 5.32 Å². The van der Waals surface area contributed by atoms with Gasteiger partial charge < -0.3 is 5.32 Å². The molecule has 1 radical (unpaired) electrons. The number of nitrogens with one attached hydrogen (secondary N) is 1. The summed E-state index contributed by atoms with van der Waals surface area (Å²) in [6, 6.07) is 9.65. The fourth-order valence-electron chi connectivity index (χ4n) is 0.720. The van der Waals surface area contributed by atoms with Crippen LogP contribution in [0.2, 0.25) is 0 Å². The van der Waals surface area contributed by atoms with Gasteiger partial charge in [0.15, 0.2) is 0 Å². The average molecular weight is 220 g/mol. The Morgan fingerprint density at radius 2 is 1.82 bits per heavy atom. The van der Waals surface area contributed by atoms with Crippen LogP contribution in [0.15, 0.2) is 30.3 Å². The molecule has 0 aliphatic heterocycles. The van der Waals surface area contributed by atoms with Gasteiger partial charge in [-0.2, -0.15) is 11.3 Å². The minimum Gasteiger partial charge on any atom is -0.568 e. The van der Waals surface area contributed by atoms with Crippen LogP contribution in [0.4, 0.5) is 0 Å². The summed E-state index contributed by atoms with van der Waals surface area (Å²) in [4.78, 5) is 0. The third-order valence-electron chi connectivity index (χ3n) is 1.28. The summed E-state index contributed by atoms with van der Waals surface area (Å²) in [5.74, 6) is 0. The van der Waals surface area contributed by atoms with Crippen LogP contribution >= 0.6 is 0 Å². The molecule has 0 saturated carbocycles. The van der Waals surface area contributed by atoms with E-state index in [0.29, 0.717) is 5.70 Å². The van der Waals surface area contributed by atoms with Gasteiger partial charge in [-0.05, 0) is 0 Å². The summed E-state index contributed by atoms with van der Waals surface area (Å²) in [5, 5.41) is 2.63. The van der Waals surface area contributed by atoms with E-state index in [-0.39, 0.29) is 32.7 Å². The zero-order chi connectivity index (χ0) is 7.40. The van der Waals surface area contributed by atoms with Crippen LogP contribution in [0.1, 0.15) is 5.56 Å². The monoisotopic (exact) mass is 220 g/mol. The molecule has 0 atom stereocenters. The third kappa shape index (κ3) is 3.17. The molecule has 0 saturated heterocycles. The van der Waals surface area contributed by atoms with E-state index < -0.39 is 0 Å². The van der Waals surface area contributed by atoms with Gasteiger partial charge in [-0.15, -0.1) is 12.1 Å². The largest absolute Gasteiger partial charge is 0.568 e. The Morgan fingerprint density at radius 3 is 2.27 bits per heavy atom. The number of hydrogen-bond acceptors (Lipinski definition) is 1. The smallest absolute Gasteiger partial charge is 0 e. The zero-order valence-electron chi connectivity index (χ0n) is 6.25. The Balaban J connectivity index is 0.000001000. The summed E-state index contributed by atoms with van der Waals surface area (Å²) in [6.45, 7) is 5.54. The second-order valence-electron chi connectivity index (χ2n) is 1.96. The first-order valence-electron chi connectivity index (χ1n) is 3.05. The number of rotatable bonds is 2. The molecule has 0 spiro atoms. The van der Waals surface area contributed by atoms with Gasteiger partial charge in [0.05, 0.1) is 0 Å². The molecule has 0 unspecified atom stereocenters. The maximum atomic E-state index is 5.54. The predicted molar refractivity (Wildman–Crippen MR) is 42.6 cm³/mol. The second kappa shape index (κ2) is 5.51. The van der Waals surface area contributed by atoms with E-state index in [4.69, 9.17) is 6.58 Å². The fraction of sp³-hybridized carbons (Fsp3) is 0. The fourth-order valence-corrected chi connectivity index (χ4v) is 0.720. The SMILES string of the molecule is [CH-]=C(N[CH2-])c1ccccc1.[Y]. The Labute approximate surface area is 92.8 Å². The van der Waals surface area contributed by atoms with Crippen molar-refractivity contribution in [2.45, 2.75) is 0 Å². The molecule has 1 N–H and O–H groups in total. The minimum atomic E-state index is 0. The molecule has 0 aromatic heterocycles. The molecule has 0 bridgehead atoms. The molecule has 1 nitrogen and oxygen atoms in total. The Bertz CT molecular complexity index is 218. The molecule has 0 heterocycles. The van der Waals surface area contributed by atoms with Crippen molar-refractivity contribution in [3.8, 4) is 0 Å². The molecular formula is C9H9NY-2. The Morgan fingerprint density at radius 1 is 1.27 bits per heavy atom. The van der Waals surface area contributed by atoms with Crippen molar-refractivity contribution in [2.75, 3.05) is 0 Å². The topological polar surface area (TPSA) is 12.0 Å². The standard InChI is InChI=1S/C9H9N.Y/c1-8(10-2)9-6-4-3-5-7-9;/h1,3-7,10H,2H2;/q-2;. The molecule has 0 fully saturated rings. The first-order valence-corrected chi connectivity index (χ1v) is 3.05. The maximum Gasteiger partial charge on any atom is 0 e. The van der Waals surface area contributed by atoms with Crippen LogP contribution in [-0.2, 0) is 32.7 Å². The van der Waals surface area contributed by atoms with Crippen molar-refractivity contribution in [1.29, 1.82) is 0 Å². The molecule has 1 rings (SSSR count). The van der Waals surface area contributed by atoms with Gasteiger partial charge in [-0.25, -0.2) is 0 Å². The zero-order valence-corrected chi connectivity index (χ0v) is 9.09. The van der Waals surface area contributed by atoms with Crippen LogP contribution in [0.3, 0.4) is 0 Å². The van der Waals surface area contributed by atoms with Gasteiger partial charge in [0.1, 0.15) is 0 Å². The van der Waals surface area contributed by atoms with Gasteiger partial charge in [0.25, 0.3) is 0 Å². The van der Waals surface area contributed by atoms with E-state index in [2.05, 4.69) is 12.4 Å². The van der Waals surface area contributed by atoms with Crippen LogP contribution in [0.5, 0.6) is 0 Å². The maximum absolute atomic E-state index is 5.54. The summed E-state index contributed by atoms with van der Waals surface area (Å²) in [7, 11) is 3.45. The van der Waals surface area contributed by atoms with Crippen molar-refractivity contribution < 1.29 is 32.7 Å². The molecule has 0 amide bonds. The van der Waals surface area contributed by atoms with Crippen molar-refractivity contribution in [3.63, 3.8) is 0 Å². The van der Waals surface area contributed by atoms with Gasteiger partial charge in [-0.1, -0.05) is 18.2 Å². The first kappa shape index (κ1) is 10.9. The molecule has 11 heavy (non-hydrogen) atoms. The normalized spacial score (nSPS) is 8.09. The van der Waals surface area contributed by atoms with Gasteiger partial charge in [0.2, 0.25) is 0 Å². The minimum absolute atomic E-state index is 0. The quantitative estimate of drug-likeness (QED) is 0.750. The van der Waals surface area contributed by atoms with E-state index in [1.165, 1.54) is 0 Å². The molecule has 1 aromatic rings. The predicted octanol–water partition coefficient (Wildman–Crippen LogP) is 1.84. The molecular weight excluding hydrogens is 211 g/mol. The van der Waals surface area contributed by atoms with E-state index in [9.17, 15) is 0 Å². The van der Waals surface area contributed by atoms with Gasteiger partial charge >= 0.3 is 0 Å². The van der Waals surface area contributed by atoms with E-state index in [1.54, 1.807) is 0 Å². The van der Waals surface area contributed by atoms with Crippen molar-refractivity contribution >= 4 is 5.70 Å². The van der Waals surface area contributed by atoms with Crippen LogP contribution in [0.25, 0.3) is 5.70 Å². The van der Waals surface area contributed by atoms with E-state index >= 15 is 0 Å². The summed E-state index contributed by atoms with van der Waals surface area (Å²) < 4.78 is 0. The van der Waals surface area contributed by atoms with E-state index in [1.807, 2.05) is 30.3 Å². The average Bonchev–Trinajstić information content (AvgIpc) is 2.05. The third-order valence-corrected chi connectivity index (χ3v) is 1.28. The van der Waals surface area contributed by atoms with Gasteiger partial charge in [0, 0.05) is 32.7 Å². The van der Waals surface area contributed by atoms with Crippen molar-refractivity contribution in [2.24, 2.45) is 0 Å². The summed E-state index contributed by atoms with van der Waals surface area (Å²) in [5.41, 5.74) is 1.57. The Kier molecular flexibility index (Phi) is 5.44. The van der Waals surface area contributed by atoms with Crippen LogP contribution in [0, 0.1) is 13.6 Å². The molecule has 55 valence electrons. The van der Waals surface area contributed by atoms with Crippen molar-refractivity contribution in [3.05, 3.63) is 49.5 Å². The Hall–Kier alpha value is -0.136. The summed E-state index contributed by atoms with van der Waals surface area (Å²) >= 11 is 0.